The maximum atomic E-state index is 13.5. The number of aliphatic hydroxyl groups is 1. The Labute approximate surface area is 110 Å². The fourth-order valence-electron chi connectivity index (χ4n) is 1.23. The summed E-state index contributed by atoms with van der Waals surface area (Å²) in [6.45, 7) is -0.303. The van der Waals surface area contributed by atoms with Crippen LogP contribution in [0.15, 0.2) is 23.1 Å². The molecule has 0 aliphatic rings. The molecule has 0 fully saturated rings. The van der Waals surface area contributed by atoms with Gasteiger partial charge in [-0.05, 0) is 12.1 Å². The largest absolute Gasteiger partial charge is 0.389 e. The van der Waals surface area contributed by atoms with Crippen LogP contribution in [-0.2, 0) is 14.8 Å². The van der Waals surface area contributed by atoms with Gasteiger partial charge in [0, 0.05) is 13.7 Å². The lowest BCUT2D eigenvalue weighted by atomic mass is 10.3. The van der Waals surface area contributed by atoms with Gasteiger partial charge in [-0.15, -0.1) is 0 Å². The Kier molecular flexibility index (Phi) is 5.48. The van der Waals surface area contributed by atoms with Gasteiger partial charge in [0.05, 0.1) is 17.7 Å². The van der Waals surface area contributed by atoms with E-state index >= 15 is 0 Å². The summed E-state index contributed by atoms with van der Waals surface area (Å²) in [4.78, 5) is -0.556. The molecule has 2 N–H and O–H groups in total. The molecule has 0 saturated heterocycles. The number of benzene rings is 1. The first-order valence-corrected chi connectivity index (χ1v) is 6.85. The number of rotatable bonds is 6. The molecular formula is C10H13ClFNO4S. The van der Waals surface area contributed by atoms with Crippen molar-refractivity contribution in [3.05, 3.63) is 29.0 Å². The summed E-state index contributed by atoms with van der Waals surface area (Å²) in [7, 11) is -2.68. The first kappa shape index (κ1) is 15.3. The van der Waals surface area contributed by atoms with Crippen LogP contribution < -0.4 is 4.72 Å². The normalized spacial score (nSPS) is 13.6. The Morgan fingerprint density at radius 2 is 2.22 bits per heavy atom. The van der Waals surface area contributed by atoms with Gasteiger partial charge in [0.2, 0.25) is 10.0 Å². The number of hydrogen-bond acceptors (Lipinski definition) is 4. The third-order valence-corrected chi connectivity index (χ3v) is 3.81. The molecule has 0 aromatic heterocycles. The summed E-state index contributed by atoms with van der Waals surface area (Å²) in [5.74, 6) is -1.02. The maximum absolute atomic E-state index is 13.5. The van der Waals surface area contributed by atoms with E-state index in [0.29, 0.717) is 0 Å². The molecule has 102 valence electrons. The topological polar surface area (TPSA) is 75.6 Å². The lowest BCUT2D eigenvalue weighted by Gasteiger charge is -2.12. The van der Waals surface area contributed by atoms with Gasteiger partial charge < -0.3 is 9.84 Å². The van der Waals surface area contributed by atoms with Crippen molar-refractivity contribution < 1.29 is 22.7 Å². The van der Waals surface area contributed by atoms with Gasteiger partial charge >= 0.3 is 0 Å². The lowest BCUT2D eigenvalue weighted by Crippen LogP contribution is -2.34. The summed E-state index contributed by atoms with van der Waals surface area (Å²) < 4.78 is 43.7. The second-order valence-corrected chi connectivity index (χ2v) is 5.66. The van der Waals surface area contributed by atoms with Gasteiger partial charge in [-0.3, -0.25) is 0 Å². The zero-order valence-corrected chi connectivity index (χ0v) is 11.1. The molecule has 0 spiro atoms. The van der Waals surface area contributed by atoms with E-state index in [1.807, 2.05) is 0 Å². The smallest absolute Gasteiger partial charge is 0.243 e. The molecule has 1 atom stereocenters. The summed E-state index contributed by atoms with van der Waals surface area (Å²) >= 11 is 5.50. The minimum atomic E-state index is -4.05. The van der Waals surface area contributed by atoms with E-state index in [-0.39, 0.29) is 18.2 Å². The molecule has 5 nitrogen and oxygen atoms in total. The molecular weight excluding hydrogens is 285 g/mol. The molecule has 1 rings (SSSR count). The van der Waals surface area contributed by atoms with Gasteiger partial charge in [-0.1, -0.05) is 17.7 Å². The van der Waals surface area contributed by atoms with E-state index in [0.717, 1.165) is 6.07 Å². The highest BCUT2D eigenvalue weighted by Crippen LogP contribution is 2.21. The monoisotopic (exact) mass is 297 g/mol. The van der Waals surface area contributed by atoms with Crippen LogP contribution in [-0.4, -0.2) is 39.9 Å². The van der Waals surface area contributed by atoms with Crippen molar-refractivity contribution in [1.29, 1.82) is 0 Å². The van der Waals surface area contributed by atoms with Gasteiger partial charge in [0.25, 0.3) is 0 Å². The molecule has 0 amide bonds. The first-order valence-electron chi connectivity index (χ1n) is 4.99. The maximum Gasteiger partial charge on any atom is 0.243 e. The Balaban J connectivity index is 2.84. The Hall–Kier alpha value is -0.730. The van der Waals surface area contributed by atoms with Crippen molar-refractivity contribution in [3.8, 4) is 0 Å². The summed E-state index contributed by atoms with van der Waals surface area (Å²) in [5.41, 5.74) is 0. The minimum absolute atomic E-state index is 0.0272. The molecule has 8 heteroatoms. The SMILES string of the molecule is COCC(O)CNS(=O)(=O)c1cccc(Cl)c1F. The van der Waals surface area contributed by atoms with Crippen LogP contribution in [0.25, 0.3) is 0 Å². The van der Waals surface area contributed by atoms with E-state index in [4.69, 9.17) is 11.6 Å². The molecule has 18 heavy (non-hydrogen) atoms. The van der Waals surface area contributed by atoms with Crippen molar-refractivity contribution in [2.45, 2.75) is 11.0 Å². The molecule has 0 saturated carbocycles. The Morgan fingerprint density at radius 1 is 1.56 bits per heavy atom. The lowest BCUT2D eigenvalue weighted by molar-refractivity contribution is 0.0679. The number of aliphatic hydroxyl groups excluding tert-OH is 1. The molecule has 0 aliphatic carbocycles. The fraction of sp³-hybridized carbons (Fsp3) is 0.400. The quantitative estimate of drug-likeness (QED) is 0.813. The van der Waals surface area contributed by atoms with Crippen molar-refractivity contribution in [2.75, 3.05) is 20.3 Å². The van der Waals surface area contributed by atoms with Crippen LogP contribution >= 0.6 is 11.6 Å². The molecule has 0 aliphatic heterocycles. The van der Waals surface area contributed by atoms with Crippen molar-refractivity contribution in [3.63, 3.8) is 0 Å². The predicted octanol–water partition coefficient (Wildman–Crippen LogP) is 0.765. The second kappa shape index (κ2) is 6.44. The molecule has 0 heterocycles. The average molecular weight is 298 g/mol. The number of sulfonamides is 1. The van der Waals surface area contributed by atoms with Gasteiger partial charge in [-0.25, -0.2) is 17.5 Å². The predicted molar refractivity (Wildman–Crippen MR) is 64.5 cm³/mol. The zero-order valence-electron chi connectivity index (χ0n) is 9.56. The highest BCUT2D eigenvalue weighted by atomic mass is 35.5. The van der Waals surface area contributed by atoms with Crippen molar-refractivity contribution in [2.24, 2.45) is 0 Å². The van der Waals surface area contributed by atoms with Gasteiger partial charge in [-0.2, -0.15) is 0 Å². The van der Waals surface area contributed by atoms with Crippen LogP contribution in [0.2, 0.25) is 5.02 Å². The standard InChI is InChI=1S/C10H13ClFNO4S/c1-17-6-7(14)5-13-18(15,16)9-4-2-3-8(11)10(9)12/h2-4,7,13-14H,5-6H2,1H3. The van der Waals surface area contributed by atoms with Gasteiger partial charge in [0.15, 0.2) is 5.82 Å². The number of hydrogen-bond donors (Lipinski definition) is 2. The van der Waals surface area contributed by atoms with Gasteiger partial charge in [0.1, 0.15) is 4.90 Å². The fourth-order valence-corrected chi connectivity index (χ4v) is 2.63. The highest BCUT2D eigenvalue weighted by Gasteiger charge is 2.21. The van der Waals surface area contributed by atoms with Crippen LogP contribution in [0.3, 0.4) is 0 Å². The number of halogens is 2. The van der Waals surface area contributed by atoms with E-state index < -0.39 is 26.8 Å². The number of nitrogens with one attached hydrogen (secondary N) is 1. The third-order valence-electron chi connectivity index (χ3n) is 2.07. The summed E-state index contributed by atoms with van der Waals surface area (Å²) in [6, 6.07) is 3.66. The van der Waals surface area contributed by atoms with E-state index in [2.05, 4.69) is 9.46 Å². The second-order valence-electron chi connectivity index (χ2n) is 3.51. The number of ether oxygens (including phenoxy) is 1. The third kappa shape index (κ3) is 3.89. The van der Waals surface area contributed by atoms with Crippen LogP contribution in [0.4, 0.5) is 4.39 Å². The summed E-state index contributed by atoms with van der Waals surface area (Å²) in [5, 5.41) is 9.03. The molecule has 0 bridgehead atoms. The Bertz CT molecular complexity index is 509. The van der Waals surface area contributed by atoms with Crippen LogP contribution in [0.5, 0.6) is 0 Å². The minimum Gasteiger partial charge on any atom is -0.389 e. The summed E-state index contributed by atoms with van der Waals surface area (Å²) in [6.07, 6.45) is -1.01. The average Bonchev–Trinajstić information content (AvgIpc) is 2.30. The highest BCUT2D eigenvalue weighted by molar-refractivity contribution is 7.89. The van der Waals surface area contributed by atoms with E-state index in [1.165, 1.54) is 19.2 Å². The Morgan fingerprint density at radius 3 is 2.83 bits per heavy atom. The molecule has 1 unspecified atom stereocenters. The van der Waals surface area contributed by atoms with E-state index in [9.17, 15) is 17.9 Å². The first-order chi connectivity index (χ1) is 8.38. The molecule has 1 aromatic carbocycles. The van der Waals surface area contributed by atoms with Crippen molar-refractivity contribution in [1.82, 2.24) is 4.72 Å². The molecule has 1 aromatic rings. The van der Waals surface area contributed by atoms with Crippen LogP contribution in [0.1, 0.15) is 0 Å². The van der Waals surface area contributed by atoms with E-state index in [1.54, 1.807) is 0 Å². The number of methoxy groups -OCH3 is 1. The zero-order chi connectivity index (χ0) is 13.8. The van der Waals surface area contributed by atoms with Crippen LogP contribution in [0, 0.1) is 5.82 Å². The van der Waals surface area contributed by atoms with Crippen molar-refractivity contribution >= 4 is 21.6 Å². The molecule has 0 radical (unpaired) electrons.